The van der Waals surface area contributed by atoms with Gasteiger partial charge >= 0.3 is 0 Å². The number of rotatable bonds is 5. The van der Waals surface area contributed by atoms with E-state index in [1.54, 1.807) is 18.0 Å². The number of piperazine rings is 1. The first-order valence-corrected chi connectivity index (χ1v) is 10.8. The summed E-state index contributed by atoms with van der Waals surface area (Å²) >= 11 is 6.17. The van der Waals surface area contributed by atoms with Crippen LogP contribution < -0.4 is 19.9 Å². The lowest BCUT2D eigenvalue weighted by Gasteiger charge is -2.36. The van der Waals surface area contributed by atoms with Gasteiger partial charge in [0.2, 0.25) is 5.95 Å². The van der Waals surface area contributed by atoms with E-state index in [0.29, 0.717) is 5.95 Å². The number of fused-ring (bicyclic) bond motifs is 1. The highest BCUT2D eigenvalue weighted by atomic mass is 35.5. The lowest BCUT2D eigenvalue weighted by Crippen LogP contribution is -2.47. The Balaban J connectivity index is 1.40. The number of hydrogen-bond acceptors (Lipinski definition) is 7. The van der Waals surface area contributed by atoms with Crippen molar-refractivity contribution in [3.8, 4) is 5.75 Å². The van der Waals surface area contributed by atoms with E-state index in [1.807, 2.05) is 49.5 Å². The van der Waals surface area contributed by atoms with E-state index in [2.05, 4.69) is 26.3 Å². The van der Waals surface area contributed by atoms with E-state index < -0.39 is 0 Å². The SMILES string of the molecule is COc1ccc(Nc2nc(N3CCN(c4cccc(Cl)c4)CC3)nc3c2cnn3C)cc1. The zero-order valence-electron chi connectivity index (χ0n) is 18.0. The summed E-state index contributed by atoms with van der Waals surface area (Å²) in [5.74, 6) is 2.24. The molecule has 9 heteroatoms. The Morgan fingerprint density at radius 2 is 1.72 bits per heavy atom. The second kappa shape index (κ2) is 8.55. The van der Waals surface area contributed by atoms with Crippen molar-refractivity contribution >= 4 is 45.8 Å². The Hall–Kier alpha value is -3.52. The average molecular weight is 450 g/mol. The fraction of sp³-hybridized carbons (Fsp3) is 0.261. The van der Waals surface area contributed by atoms with E-state index in [0.717, 1.165) is 65.2 Å². The first-order valence-electron chi connectivity index (χ1n) is 10.5. The average Bonchev–Trinajstić information content (AvgIpc) is 3.20. The summed E-state index contributed by atoms with van der Waals surface area (Å²) in [5, 5.41) is 9.44. The molecule has 0 unspecified atom stereocenters. The number of anilines is 4. The maximum absolute atomic E-state index is 6.17. The lowest BCUT2D eigenvalue weighted by atomic mass is 10.2. The van der Waals surface area contributed by atoms with E-state index in [1.165, 1.54) is 0 Å². The van der Waals surface area contributed by atoms with Gasteiger partial charge in [0.1, 0.15) is 11.6 Å². The molecule has 0 spiro atoms. The molecule has 0 amide bonds. The van der Waals surface area contributed by atoms with Gasteiger partial charge in [-0.1, -0.05) is 17.7 Å². The molecule has 2 aromatic carbocycles. The molecule has 164 valence electrons. The Kier molecular flexibility index (Phi) is 5.45. The molecule has 1 N–H and O–H groups in total. The third kappa shape index (κ3) is 4.01. The Bertz CT molecular complexity index is 1230. The molecule has 1 fully saturated rings. The van der Waals surface area contributed by atoms with Crippen LogP contribution in [0.25, 0.3) is 11.0 Å². The number of nitrogens with zero attached hydrogens (tertiary/aromatic N) is 6. The van der Waals surface area contributed by atoms with E-state index in [-0.39, 0.29) is 0 Å². The highest BCUT2D eigenvalue weighted by molar-refractivity contribution is 6.30. The Morgan fingerprint density at radius 1 is 0.969 bits per heavy atom. The van der Waals surface area contributed by atoms with Crippen molar-refractivity contribution in [3.63, 3.8) is 0 Å². The minimum atomic E-state index is 0.697. The summed E-state index contributed by atoms with van der Waals surface area (Å²) in [4.78, 5) is 14.2. The summed E-state index contributed by atoms with van der Waals surface area (Å²) in [6, 6.07) is 15.7. The summed E-state index contributed by atoms with van der Waals surface area (Å²) in [5.41, 5.74) is 2.86. The molecular weight excluding hydrogens is 426 g/mol. The molecule has 3 heterocycles. The number of methoxy groups -OCH3 is 1. The van der Waals surface area contributed by atoms with Crippen LogP contribution in [0.5, 0.6) is 5.75 Å². The molecule has 8 nitrogen and oxygen atoms in total. The smallest absolute Gasteiger partial charge is 0.229 e. The Morgan fingerprint density at radius 3 is 2.44 bits per heavy atom. The van der Waals surface area contributed by atoms with Crippen LogP contribution in [-0.2, 0) is 7.05 Å². The van der Waals surface area contributed by atoms with E-state index in [9.17, 15) is 0 Å². The molecule has 2 aromatic heterocycles. The summed E-state index contributed by atoms with van der Waals surface area (Å²) in [6.45, 7) is 3.37. The van der Waals surface area contributed by atoms with E-state index in [4.69, 9.17) is 26.3 Å². The number of ether oxygens (including phenoxy) is 1. The van der Waals surface area contributed by atoms with Gasteiger partial charge in [0.05, 0.1) is 18.7 Å². The Labute approximate surface area is 191 Å². The predicted molar refractivity (Wildman–Crippen MR) is 128 cm³/mol. The predicted octanol–water partition coefficient (Wildman–Crippen LogP) is 4.10. The van der Waals surface area contributed by atoms with Crippen LogP contribution in [0, 0.1) is 0 Å². The number of halogens is 1. The van der Waals surface area contributed by atoms with Gasteiger partial charge in [0.25, 0.3) is 0 Å². The van der Waals surface area contributed by atoms with Gasteiger partial charge in [-0.05, 0) is 42.5 Å². The monoisotopic (exact) mass is 449 g/mol. The molecule has 4 aromatic rings. The highest BCUT2D eigenvalue weighted by Crippen LogP contribution is 2.28. The largest absolute Gasteiger partial charge is 0.497 e. The van der Waals surface area contributed by atoms with Gasteiger partial charge in [0, 0.05) is 49.6 Å². The minimum Gasteiger partial charge on any atom is -0.497 e. The molecule has 0 bridgehead atoms. The molecule has 1 saturated heterocycles. The second-order valence-electron chi connectivity index (χ2n) is 7.69. The van der Waals surface area contributed by atoms with Crippen molar-refractivity contribution in [3.05, 3.63) is 59.8 Å². The van der Waals surface area contributed by atoms with Crippen molar-refractivity contribution in [1.82, 2.24) is 19.7 Å². The van der Waals surface area contributed by atoms with Gasteiger partial charge in [-0.3, -0.25) is 4.68 Å². The topological polar surface area (TPSA) is 71.3 Å². The normalized spacial score (nSPS) is 14.1. The third-order valence-electron chi connectivity index (χ3n) is 5.67. The van der Waals surface area contributed by atoms with Crippen LogP contribution in [0.15, 0.2) is 54.7 Å². The molecule has 5 rings (SSSR count). The first kappa shape index (κ1) is 20.4. The summed E-state index contributed by atoms with van der Waals surface area (Å²) in [7, 11) is 3.55. The molecule has 0 atom stereocenters. The van der Waals surface area contributed by atoms with E-state index >= 15 is 0 Å². The van der Waals surface area contributed by atoms with Crippen molar-refractivity contribution in [2.24, 2.45) is 7.05 Å². The second-order valence-corrected chi connectivity index (χ2v) is 8.12. The van der Waals surface area contributed by atoms with Crippen molar-refractivity contribution < 1.29 is 4.74 Å². The lowest BCUT2D eigenvalue weighted by molar-refractivity contribution is 0.415. The molecule has 32 heavy (non-hydrogen) atoms. The van der Waals surface area contributed by atoms with Gasteiger partial charge in [-0.25, -0.2) is 0 Å². The zero-order valence-corrected chi connectivity index (χ0v) is 18.8. The van der Waals surface area contributed by atoms with Crippen molar-refractivity contribution in [2.45, 2.75) is 0 Å². The molecule has 1 aliphatic rings. The maximum atomic E-state index is 6.17. The maximum Gasteiger partial charge on any atom is 0.229 e. The zero-order chi connectivity index (χ0) is 22.1. The highest BCUT2D eigenvalue weighted by Gasteiger charge is 2.22. The van der Waals surface area contributed by atoms with Gasteiger partial charge < -0.3 is 19.9 Å². The van der Waals surface area contributed by atoms with Gasteiger partial charge in [-0.2, -0.15) is 15.1 Å². The quantitative estimate of drug-likeness (QED) is 0.492. The fourth-order valence-corrected chi connectivity index (χ4v) is 4.08. The molecule has 0 saturated carbocycles. The number of hydrogen-bond donors (Lipinski definition) is 1. The van der Waals surface area contributed by atoms with Crippen molar-refractivity contribution in [2.75, 3.05) is 48.4 Å². The molecular formula is C23H24ClN7O. The fourth-order valence-electron chi connectivity index (χ4n) is 3.90. The summed E-state index contributed by atoms with van der Waals surface area (Å²) in [6.07, 6.45) is 1.79. The molecule has 1 aliphatic heterocycles. The van der Waals surface area contributed by atoms with Crippen LogP contribution in [-0.4, -0.2) is 53.0 Å². The van der Waals surface area contributed by atoms with Crippen molar-refractivity contribution in [1.29, 1.82) is 0 Å². The van der Waals surface area contributed by atoms with Crippen LogP contribution in [0.1, 0.15) is 0 Å². The number of benzene rings is 2. The standard InChI is InChI=1S/C23H24ClN7O/c1-29-22-20(15-25-29)21(26-17-6-8-19(32-2)9-7-17)27-23(28-22)31-12-10-30(11-13-31)18-5-3-4-16(24)14-18/h3-9,14-15H,10-13H2,1-2H3,(H,26,27,28). The minimum absolute atomic E-state index is 0.697. The number of nitrogens with one attached hydrogen (secondary N) is 1. The summed E-state index contributed by atoms with van der Waals surface area (Å²) < 4.78 is 7.03. The number of aryl methyl sites for hydroxylation is 1. The van der Waals surface area contributed by atoms with Crippen LogP contribution in [0.2, 0.25) is 5.02 Å². The van der Waals surface area contributed by atoms with Gasteiger partial charge in [0.15, 0.2) is 5.65 Å². The first-order chi connectivity index (χ1) is 15.6. The van der Waals surface area contributed by atoms with Crippen LogP contribution in [0.4, 0.5) is 23.1 Å². The number of aromatic nitrogens is 4. The van der Waals surface area contributed by atoms with Gasteiger partial charge in [-0.15, -0.1) is 0 Å². The molecule has 0 radical (unpaired) electrons. The molecule has 0 aliphatic carbocycles. The van der Waals surface area contributed by atoms with Crippen LogP contribution in [0.3, 0.4) is 0 Å². The third-order valence-corrected chi connectivity index (χ3v) is 5.90. The van der Waals surface area contributed by atoms with Crippen LogP contribution >= 0.6 is 11.6 Å².